The van der Waals surface area contributed by atoms with Gasteiger partial charge < -0.3 is 9.88 Å². The lowest BCUT2D eigenvalue weighted by atomic mass is 10.1. The number of nitrogens with zero attached hydrogens (tertiary/aromatic N) is 4. The number of carbonyl (C=O) groups excluding carboxylic acids is 1. The first-order chi connectivity index (χ1) is 14.1. The SMILES string of the molecule is CCCn1c(SCC(=O)Nc2ccc(CC#N)cc2)nnc1-c1cccc(C)c1. The highest BCUT2D eigenvalue weighted by atomic mass is 32.2. The summed E-state index contributed by atoms with van der Waals surface area (Å²) in [7, 11) is 0. The van der Waals surface area contributed by atoms with Crippen LogP contribution in [0.3, 0.4) is 0 Å². The maximum Gasteiger partial charge on any atom is 0.234 e. The third kappa shape index (κ3) is 5.46. The molecule has 0 bridgehead atoms. The molecule has 0 aliphatic carbocycles. The number of benzene rings is 2. The molecule has 0 saturated carbocycles. The smallest absolute Gasteiger partial charge is 0.234 e. The Kier molecular flexibility index (Phi) is 7.04. The van der Waals surface area contributed by atoms with Gasteiger partial charge in [0.2, 0.25) is 5.91 Å². The molecule has 0 aliphatic heterocycles. The number of anilines is 1. The fourth-order valence-corrected chi connectivity index (χ4v) is 3.71. The van der Waals surface area contributed by atoms with Crippen LogP contribution in [0.5, 0.6) is 0 Å². The van der Waals surface area contributed by atoms with Crippen LogP contribution in [0, 0.1) is 18.3 Å². The van der Waals surface area contributed by atoms with Crippen LogP contribution in [-0.4, -0.2) is 26.4 Å². The van der Waals surface area contributed by atoms with E-state index in [-0.39, 0.29) is 11.7 Å². The standard InChI is InChI=1S/C22H23N5OS/c1-3-13-27-21(18-6-4-5-16(2)14-18)25-26-22(27)29-15-20(28)24-19-9-7-17(8-10-19)11-12-23/h4-10,14H,3,11,13,15H2,1-2H3,(H,24,28). The zero-order chi connectivity index (χ0) is 20.6. The van der Waals surface area contributed by atoms with Gasteiger partial charge in [-0.25, -0.2) is 0 Å². The van der Waals surface area contributed by atoms with Crippen LogP contribution in [0.1, 0.15) is 24.5 Å². The largest absolute Gasteiger partial charge is 0.325 e. The van der Waals surface area contributed by atoms with Gasteiger partial charge in [-0.2, -0.15) is 5.26 Å². The Labute approximate surface area is 175 Å². The molecule has 29 heavy (non-hydrogen) atoms. The van der Waals surface area contributed by atoms with Gasteiger partial charge in [0.15, 0.2) is 11.0 Å². The highest BCUT2D eigenvalue weighted by molar-refractivity contribution is 7.99. The van der Waals surface area contributed by atoms with Crippen molar-refractivity contribution in [2.24, 2.45) is 0 Å². The molecule has 1 N–H and O–H groups in total. The van der Waals surface area contributed by atoms with Crippen molar-refractivity contribution in [3.8, 4) is 17.5 Å². The fourth-order valence-electron chi connectivity index (χ4n) is 2.94. The lowest BCUT2D eigenvalue weighted by Crippen LogP contribution is -2.14. The lowest BCUT2D eigenvalue weighted by molar-refractivity contribution is -0.113. The predicted octanol–water partition coefficient (Wildman–Crippen LogP) is 4.46. The van der Waals surface area contributed by atoms with Crippen LogP contribution >= 0.6 is 11.8 Å². The summed E-state index contributed by atoms with van der Waals surface area (Å²) in [6, 6.07) is 17.6. The molecule has 7 heteroatoms. The molecule has 2 aromatic carbocycles. The molecule has 0 unspecified atom stereocenters. The van der Waals surface area contributed by atoms with E-state index in [1.807, 2.05) is 36.4 Å². The predicted molar refractivity (Wildman–Crippen MR) is 116 cm³/mol. The summed E-state index contributed by atoms with van der Waals surface area (Å²) >= 11 is 1.38. The molecular weight excluding hydrogens is 382 g/mol. The van der Waals surface area contributed by atoms with Crippen molar-refractivity contribution < 1.29 is 4.79 Å². The van der Waals surface area contributed by atoms with E-state index in [0.717, 1.165) is 35.1 Å². The minimum absolute atomic E-state index is 0.105. The van der Waals surface area contributed by atoms with Crippen LogP contribution in [0.25, 0.3) is 11.4 Å². The topological polar surface area (TPSA) is 83.6 Å². The van der Waals surface area contributed by atoms with Crippen molar-refractivity contribution in [3.63, 3.8) is 0 Å². The van der Waals surface area contributed by atoms with Crippen molar-refractivity contribution >= 4 is 23.4 Å². The number of nitriles is 1. The van der Waals surface area contributed by atoms with E-state index in [0.29, 0.717) is 12.1 Å². The second-order valence-electron chi connectivity index (χ2n) is 6.70. The second-order valence-corrected chi connectivity index (χ2v) is 7.64. The number of nitrogens with one attached hydrogen (secondary N) is 1. The van der Waals surface area contributed by atoms with E-state index in [9.17, 15) is 4.79 Å². The Bertz CT molecular complexity index is 1020. The molecule has 0 aliphatic rings. The number of aromatic nitrogens is 3. The zero-order valence-corrected chi connectivity index (χ0v) is 17.4. The molecule has 0 atom stereocenters. The fraction of sp³-hybridized carbons (Fsp3) is 0.273. The Morgan fingerprint density at radius 2 is 2.00 bits per heavy atom. The third-order valence-electron chi connectivity index (χ3n) is 4.29. The van der Waals surface area contributed by atoms with Gasteiger partial charge in [-0.05, 0) is 37.1 Å². The highest BCUT2D eigenvalue weighted by Gasteiger charge is 2.15. The van der Waals surface area contributed by atoms with Gasteiger partial charge in [0.05, 0.1) is 18.2 Å². The van der Waals surface area contributed by atoms with E-state index >= 15 is 0 Å². The van der Waals surface area contributed by atoms with Crippen molar-refractivity contribution in [2.45, 2.75) is 38.4 Å². The van der Waals surface area contributed by atoms with Crippen LogP contribution < -0.4 is 5.32 Å². The van der Waals surface area contributed by atoms with E-state index < -0.39 is 0 Å². The molecule has 148 valence electrons. The number of hydrogen-bond acceptors (Lipinski definition) is 5. The summed E-state index contributed by atoms with van der Waals surface area (Å²) in [5, 5.41) is 21.0. The molecular formula is C22H23N5OS. The number of hydrogen-bond donors (Lipinski definition) is 1. The number of rotatable bonds is 8. The first-order valence-electron chi connectivity index (χ1n) is 9.49. The van der Waals surface area contributed by atoms with Crippen LogP contribution in [0.15, 0.2) is 53.7 Å². The van der Waals surface area contributed by atoms with Gasteiger partial charge in [-0.1, -0.05) is 54.6 Å². The van der Waals surface area contributed by atoms with E-state index in [1.54, 1.807) is 0 Å². The van der Waals surface area contributed by atoms with Gasteiger partial charge in [-0.3, -0.25) is 4.79 Å². The van der Waals surface area contributed by atoms with Gasteiger partial charge in [0, 0.05) is 17.8 Å². The van der Waals surface area contributed by atoms with Gasteiger partial charge in [0.1, 0.15) is 0 Å². The first-order valence-corrected chi connectivity index (χ1v) is 10.5. The van der Waals surface area contributed by atoms with E-state index in [4.69, 9.17) is 5.26 Å². The summed E-state index contributed by atoms with van der Waals surface area (Å²) < 4.78 is 2.07. The van der Waals surface area contributed by atoms with Crippen molar-refractivity contribution in [3.05, 3.63) is 59.7 Å². The minimum Gasteiger partial charge on any atom is -0.325 e. The van der Waals surface area contributed by atoms with Crippen molar-refractivity contribution in [2.75, 3.05) is 11.1 Å². The lowest BCUT2D eigenvalue weighted by Gasteiger charge is -2.09. The monoisotopic (exact) mass is 405 g/mol. The molecule has 1 amide bonds. The van der Waals surface area contributed by atoms with Crippen molar-refractivity contribution in [1.29, 1.82) is 5.26 Å². The van der Waals surface area contributed by atoms with Gasteiger partial charge in [-0.15, -0.1) is 10.2 Å². The van der Waals surface area contributed by atoms with Gasteiger partial charge in [0.25, 0.3) is 0 Å². The molecule has 6 nitrogen and oxygen atoms in total. The quantitative estimate of drug-likeness (QED) is 0.559. The van der Waals surface area contributed by atoms with Crippen LogP contribution in [-0.2, 0) is 17.8 Å². The molecule has 3 aromatic rings. The van der Waals surface area contributed by atoms with Gasteiger partial charge >= 0.3 is 0 Å². The molecule has 3 rings (SSSR count). The van der Waals surface area contributed by atoms with E-state index in [2.05, 4.69) is 52.1 Å². The van der Waals surface area contributed by atoms with Crippen LogP contribution in [0.2, 0.25) is 0 Å². The molecule has 0 radical (unpaired) electrons. The molecule has 0 fully saturated rings. The minimum atomic E-state index is -0.105. The Hall–Kier alpha value is -3.11. The maximum atomic E-state index is 12.3. The summed E-state index contributed by atoms with van der Waals surface area (Å²) in [4.78, 5) is 12.3. The summed E-state index contributed by atoms with van der Waals surface area (Å²) in [5.74, 6) is 0.966. The van der Waals surface area contributed by atoms with Crippen LogP contribution in [0.4, 0.5) is 5.69 Å². The maximum absolute atomic E-state index is 12.3. The number of aryl methyl sites for hydroxylation is 1. The third-order valence-corrected chi connectivity index (χ3v) is 5.26. The molecule has 1 heterocycles. The molecule has 0 saturated heterocycles. The van der Waals surface area contributed by atoms with Crippen molar-refractivity contribution in [1.82, 2.24) is 14.8 Å². The Balaban J connectivity index is 1.67. The normalized spacial score (nSPS) is 10.5. The second kappa shape index (κ2) is 9.89. The Morgan fingerprint density at radius 3 is 2.69 bits per heavy atom. The van der Waals surface area contributed by atoms with E-state index in [1.165, 1.54) is 17.3 Å². The summed E-state index contributed by atoms with van der Waals surface area (Å²) in [5.41, 5.74) is 3.84. The average Bonchev–Trinajstić information content (AvgIpc) is 3.11. The summed E-state index contributed by atoms with van der Waals surface area (Å²) in [6.07, 6.45) is 1.31. The number of thioether (sulfide) groups is 1. The average molecular weight is 406 g/mol. The number of amides is 1. The number of carbonyl (C=O) groups is 1. The molecule has 0 spiro atoms. The Morgan fingerprint density at radius 1 is 1.21 bits per heavy atom. The first kappa shape index (κ1) is 20.6. The highest BCUT2D eigenvalue weighted by Crippen LogP contribution is 2.25. The zero-order valence-electron chi connectivity index (χ0n) is 16.6. The molecule has 1 aromatic heterocycles. The summed E-state index contributed by atoms with van der Waals surface area (Å²) in [6.45, 7) is 4.95.